The van der Waals surface area contributed by atoms with Crippen LogP contribution in [0.5, 0.6) is 0 Å². The van der Waals surface area contributed by atoms with Crippen molar-refractivity contribution in [3.05, 3.63) is 60.2 Å². The van der Waals surface area contributed by atoms with Gasteiger partial charge in [-0.1, -0.05) is 69.7 Å². The number of hydrogen-bond acceptors (Lipinski definition) is 10. The number of carboxylic acids is 2. The Morgan fingerprint density at radius 2 is 1.50 bits per heavy atom. The van der Waals surface area contributed by atoms with E-state index in [-0.39, 0.29) is 31.4 Å². The maximum atomic E-state index is 13.1. The van der Waals surface area contributed by atoms with E-state index in [2.05, 4.69) is 16.0 Å². The zero-order valence-corrected chi connectivity index (χ0v) is 28.5. The molecule has 1 fully saturated rings. The number of aliphatic carboxylic acids is 2. The molecule has 0 saturated carbocycles. The van der Waals surface area contributed by atoms with Gasteiger partial charge < -0.3 is 51.0 Å². The first kappa shape index (κ1) is 40.0. The quantitative estimate of drug-likeness (QED) is 0.115. The highest BCUT2D eigenvalue weighted by Crippen LogP contribution is 2.35. The second-order valence-corrected chi connectivity index (χ2v) is 13.2. The predicted molar refractivity (Wildman–Crippen MR) is 179 cm³/mol. The molecule has 1 saturated heterocycles. The van der Waals surface area contributed by atoms with Crippen molar-refractivity contribution in [2.75, 3.05) is 13.2 Å². The lowest BCUT2D eigenvalue weighted by Crippen LogP contribution is -2.77. The number of ether oxygens (including phenoxy) is 2. The number of hydrogen-bond donors (Lipinski definition) is 8. The summed E-state index contributed by atoms with van der Waals surface area (Å²) in [6, 6.07) is 13.0. The number of carbonyl (C=O) groups excluding carboxylic acids is 3. The number of nitrogens with one attached hydrogen (secondary N) is 3. The maximum absolute atomic E-state index is 13.1. The summed E-state index contributed by atoms with van der Waals surface area (Å²) >= 11 is 0. The Labute approximate surface area is 290 Å². The summed E-state index contributed by atoms with van der Waals surface area (Å²) in [6.45, 7) is 4.93. The van der Waals surface area contributed by atoms with Crippen LogP contribution in [0.2, 0.25) is 0 Å². The van der Waals surface area contributed by atoms with Gasteiger partial charge in [-0.2, -0.15) is 0 Å². The van der Waals surface area contributed by atoms with E-state index >= 15 is 0 Å². The first-order chi connectivity index (χ1) is 23.5. The molecule has 2 aromatic rings. The van der Waals surface area contributed by atoms with Crippen molar-refractivity contribution in [3.63, 3.8) is 0 Å². The monoisotopic (exact) mass is 701 g/mol. The SMILES string of the molecule is CC(=O)N[C@@H]1[C@@H](NC(=O)C(C)(C)C)[C@H](O)[C@](OCCCCCC(=O)O)(C(=O)O)O[C@H]1[C@H](O)[C@H](O)CNC(=O)c1ccc(-c2ccccc2)cc1. The second-order valence-electron chi connectivity index (χ2n) is 13.2. The molecular weight excluding hydrogens is 654 g/mol. The molecule has 1 aliphatic rings. The van der Waals surface area contributed by atoms with E-state index in [1.165, 1.54) is 0 Å². The molecule has 0 aromatic heterocycles. The van der Waals surface area contributed by atoms with E-state index < -0.39 is 83.9 Å². The van der Waals surface area contributed by atoms with Crippen LogP contribution in [0, 0.1) is 5.41 Å². The summed E-state index contributed by atoms with van der Waals surface area (Å²) in [5.74, 6) is -7.67. The van der Waals surface area contributed by atoms with Crippen molar-refractivity contribution in [1.29, 1.82) is 0 Å². The molecule has 0 aliphatic carbocycles. The lowest BCUT2D eigenvalue weighted by atomic mass is 9.83. The average Bonchev–Trinajstić information content (AvgIpc) is 3.06. The molecule has 8 N–H and O–H groups in total. The maximum Gasteiger partial charge on any atom is 0.367 e. The summed E-state index contributed by atoms with van der Waals surface area (Å²) in [5.41, 5.74) is 1.02. The molecule has 274 valence electrons. The van der Waals surface area contributed by atoms with Crippen molar-refractivity contribution in [2.24, 2.45) is 5.41 Å². The molecule has 0 radical (unpaired) electrons. The third-order valence-electron chi connectivity index (χ3n) is 8.24. The van der Waals surface area contributed by atoms with Crippen LogP contribution < -0.4 is 16.0 Å². The van der Waals surface area contributed by atoms with Crippen molar-refractivity contribution in [3.8, 4) is 11.1 Å². The molecule has 50 heavy (non-hydrogen) atoms. The molecule has 1 heterocycles. The zero-order chi connectivity index (χ0) is 37.2. The Morgan fingerprint density at radius 3 is 2.06 bits per heavy atom. The molecule has 0 bridgehead atoms. The topological polar surface area (TPSA) is 241 Å². The molecule has 0 unspecified atom stereocenters. The molecular formula is C35H47N3O12. The van der Waals surface area contributed by atoms with E-state index in [0.29, 0.717) is 6.42 Å². The van der Waals surface area contributed by atoms with Crippen LogP contribution in [-0.4, -0.2) is 111 Å². The first-order valence-electron chi connectivity index (χ1n) is 16.3. The largest absolute Gasteiger partial charge is 0.481 e. The highest BCUT2D eigenvalue weighted by Gasteiger charge is 2.62. The summed E-state index contributed by atoms with van der Waals surface area (Å²) < 4.78 is 11.4. The Kier molecular flexibility index (Phi) is 14.0. The van der Waals surface area contributed by atoms with Crippen molar-refractivity contribution < 1.29 is 59.0 Å². The zero-order valence-electron chi connectivity index (χ0n) is 28.5. The van der Waals surface area contributed by atoms with Gasteiger partial charge in [0.25, 0.3) is 11.7 Å². The van der Waals surface area contributed by atoms with E-state index in [1.807, 2.05) is 30.3 Å². The number of carboxylic acid groups (broad SMARTS) is 2. The number of benzene rings is 2. The van der Waals surface area contributed by atoms with Gasteiger partial charge in [-0.3, -0.25) is 19.2 Å². The second kappa shape index (κ2) is 17.5. The first-order valence-corrected chi connectivity index (χ1v) is 16.3. The van der Waals surface area contributed by atoms with Gasteiger partial charge in [-0.25, -0.2) is 4.79 Å². The summed E-state index contributed by atoms with van der Waals surface area (Å²) in [6.07, 6.45) is -7.13. The van der Waals surface area contributed by atoms with Gasteiger partial charge in [0.2, 0.25) is 11.8 Å². The molecule has 15 nitrogen and oxygen atoms in total. The third-order valence-corrected chi connectivity index (χ3v) is 8.24. The standard InChI is InChI=1S/C35H47N3O12/c1-20(39)37-26-27(38-32(46)34(2,3)4)30(44)35(33(47)48,49-18-10-6-9-13-25(41)42)50-29(26)28(43)24(40)19-36-31(45)23-16-14-22(15-17-23)21-11-7-5-8-12-21/h5,7-8,11-12,14-17,24,26-30,40,43-44H,6,9-10,13,18-19H2,1-4H3,(H,36,45)(H,37,39)(H,38,46)(H,41,42)(H,47,48)/t24-,26-,27-,28-,29-,30+,35-/m1/s1. The molecule has 7 atom stereocenters. The molecule has 2 aromatic carbocycles. The lowest BCUT2D eigenvalue weighted by Gasteiger charge is -2.51. The van der Waals surface area contributed by atoms with Gasteiger partial charge in [0.15, 0.2) is 0 Å². The van der Waals surface area contributed by atoms with E-state index in [4.69, 9.17) is 14.6 Å². The van der Waals surface area contributed by atoms with Gasteiger partial charge >= 0.3 is 11.9 Å². The number of aliphatic hydroxyl groups is 3. The van der Waals surface area contributed by atoms with Crippen LogP contribution in [0.15, 0.2) is 54.6 Å². The Balaban J connectivity index is 1.86. The van der Waals surface area contributed by atoms with Crippen molar-refractivity contribution in [1.82, 2.24) is 16.0 Å². The summed E-state index contributed by atoms with van der Waals surface area (Å²) in [5, 5.41) is 60.7. The average molecular weight is 702 g/mol. The number of aliphatic hydroxyl groups excluding tert-OH is 3. The fraction of sp³-hybridized carbons (Fsp3) is 0.514. The minimum Gasteiger partial charge on any atom is -0.481 e. The smallest absolute Gasteiger partial charge is 0.367 e. The Hall–Kier alpha value is -4.41. The molecule has 1 aliphatic heterocycles. The molecule has 3 rings (SSSR count). The lowest BCUT2D eigenvalue weighted by molar-refractivity contribution is -0.333. The van der Waals surface area contributed by atoms with Crippen LogP contribution >= 0.6 is 0 Å². The fourth-order valence-corrected chi connectivity index (χ4v) is 5.43. The van der Waals surface area contributed by atoms with E-state index in [0.717, 1.165) is 18.1 Å². The minimum atomic E-state index is -2.91. The number of amides is 3. The van der Waals surface area contributed by atoms with Crippen LogP contribution in [-0.2, 0) is 28.7 Å². The van der Waals surface area contributed by atoms with Gasteiger partial charge in [0.05, 0.1) is 24.8 Å². The van der Waals surface area contributed by atoms with Crippen molar-refractivity contribution in [2.45, 2.75) is 95.7 Å². The highest BCUT2D eigenvalue weighted by atomic mass is 16.7. The molecule has 0 spiro atoms. The number of rotatable bonds is 16. The number of carbonyl (C=O) groups is 5. The summed E-state index contributed by atoms with van der Waals surface area (Å²) in [4.78, 5) is 62.0. The molecule has 3 amide bonds. The van der Waals surface area contributed by atoms with Gasteiger partial charge in [0, 0.05) is 30.9 Å². The van der Waals surface area contributed by atoms with E-state index in [1.54, 1.807) is 45.0 Å². The molecule has 15 heteroatoms. The Bertz CT molecular complexity index is 1480. The van der Waals surface area contributed by atoms with Gasteiger partial charge in [-0.15, -0.1) is 0 Å². The Morgan fingerprint density at radius 1 is 0.880 bits per heavy atom. The highest BCUT2D eigenvalue weighted by molar-refractivity contribution is 5.94. The predicted octanol–water partition coefficient (Wildman–Crippen LogP) is 1.04. The van der Waals surface area contributed by atoms with Crippen molar-refractivity contribution >= 4 is 29.7 Å². The minimum absolute atomic E-state index is 0.121. The van der Waals surface area contributed by atoms with Crippen LogP contribution in [0.25, 0.3) is 11.1 Å². The summed E-state index contributed by atoms with van der Waals surface area (Å²) in [7, 11) is 0. The van der Waals surface area contributed by atoms with Gasteiger partial charge in [-0.05, 0) is 36.1 Å². The van der Waals surface area contributed by atoms with Crippen LogP contribution in [0.1, 0.15) is 63.7 Å². The number of unbranched alkanes of at least 4 members (excludes halogenated alkanes) is 2. The third kappa shape index (κ3) is 10.3. The fourth-order valence-electron chi connectivity index (χ4n) is 5.43. The van der Waals surface area contributed by atoms with Crippen LogP contribution in [0.4, 0.5) is 0 Å². The van der Waals surface area contributed by atoms with Gasteiger partial charge in [0.1, 0.15) is 18.3 Å². The normalized spacial score (nSPS) is 23.3. The van der Waals surface area contributed by atoms with Crippen LogP contribution in [0.3, 0.4) is 0 Å². The van der Waals surface area contributed by atoms with E-state index in [9.17, 15) is 44.4 Å².